The average Bonchev–Trinajstić information content (AvgIpc) is 3.14. The third kappa shape index (κ3) is 2.72. The molecule has 3 aromatic rings. The summed E-state index contributed by atoms with van der Waals surface area (Å²) in [4.78, 5) is 55.6. The van der Waals surface area contributed by atoms with E-state index >= 15 is 0 Å². The zero-order chi connectivity index (χ0) is 25.4. The van der Waals surface area contributed by atoms with E-state index in [0.717, 1.165) is 22.3 Å². The molecular formula is C30H25NO5. The van der Waals surface area contributed by atoms with Crippen molar-refractivity contribution in [2.45, 2.75) is 38.2 Å². The highest BCUT2D eigenvalue weighted by Crippen LogP contribution is 2.64. The van der Waals surface area contributed by atoms with E-state index in [-0.39, 0.29) is 29.3 Å². The van der Waals surface area contributed by atoms with Crippen LogP contribution in [-0.2, 0) is 24.5 Å². The van der Waals surface area contributed by atoms with Crippen LogP contribution >= 0.6 is 0 Å². The third-order valence-corrected chi connectivity index (χ3v) is 7.86. The molecule has 0 aromatic heterocycles. The Morgan fingerprint density at radius 3 is 2.06 bits per heavy atom. The van der Waals surface area contributed by atoms with E-state index in [1.165, 1.54) is 17.9 Å². The molecule has 0 radical (unpaired) electrons. The van der Waals surface area contributed by atoms with Crippen LogP contribution in [-0.4, -0.2) is 29.7 Å². The molecule has 0 saturated carbocycles. The first kappa shape index (κ1) is 22.4. The first-order valence-electron chi connectivity index (χ1n) is 12.2. The number of amides is 2. The minimum absolute atomic E-state index is 0.159. The lowest BCUT2D eigenvalue weighted by Gasteiger charge is -2.52. The normalized spacial score (nSPS) is 25.4. The molecular weight excluding hydrogens is 454 g/mol. The van der Waals surface area contributed by atoms with Crippen LogP contribution in [0, 0.1) is 11.8 Å². The van der Waals surface area contributed by atoms with Gasteiger partial charge in [-0.05, 0) is 61.2 Å². The van der Waals surface area contributed by atoms with Crippen molar-refractivity contribution in [1.82, 2.24) is 0 Å². The number of anilines is 1. The molecule has 1 heterocycles. The van der Waals surface area contributed by atoms with Gasteiger partial charge in [-0.3, -0.25) is 14.4 Å². The van der Waals surface area contributed by atoms with Crippen molar-refractivity contribution in [2.24, 2.45) is 11.8 Å². The van der Waals surface area contributed by atoms with Crippen LogP contribution in [0.3, 0.4) is 0 Å². The van der Waals surface area contributed by atoms with E-state index in [9.17, 15) is 19.2 Å². The lowest BCUT2D eigenvalue weighted by Crippen LogP contribution is -2.57. The van der Waals surface area contributed by atoms with Crippen LogP contribution in [0.15, 0.2) is 72.8 Å². The number of esters is 1. The summed E-state index contributed by atoms with van der Waals surface area (Å²) in [5.41, 5.74) is 2.77. The van der Waals surface area contributed by atoms with Gasteiger partial charge in [0, 0.05) is 5.92 Å². The van der Waals surface area contributed by atoms with E-state index in [1.54, 1.807) is 32.0 Å². The number of hydrogen-bond donors (Lipinski definition) is 0. The number of nitrogens with zero attached hydrogens (tertiary/aromatic N) is 1. The van der Waals surface area contributed by atoms with Crippen molar-refractivity contribution >= 4 is 29.3 Å². The van der Waals surface area contributed by atoms with Gasteiger partial charge in [-0.25, -0.2) is 9.69 Å². The predicted octanol–water partition coefficient (Wildman–Crippen LogP) is 4.39. The second-order valence-corrected chi connectivity index (χ2v) is 10.0. The van der Waals surface area contributed by atoms with Crippen LogP contribution in [0.4, 0.5) is 5.69 Å². The third-order valence-electron chi connectivity index (χ3n) is 7.86. The van der Waals surface area contributed by atoms with Gasteiger partial charge in [-0.2, -0.15) is 0 Å². The monoisotopic (exact) mass is 479 g/mol. The van der Waals surface area contributed by atoms with E-state index in [1.807, 2.05) is 48.5 Å². The summed E-state index contributed by atoms with van der Waals surface area (Å²) in [6.07, 6.45) is -0.304. The van der Waals surface area contributed by atoms with Gasteiger partial charge in [-0.1, -0.05) is 54.6 Å². The van der Waals surface area contributed by atoms with Gasteiger partial charge in [0.1, 0.15) is 5.78 Å². The molecule has 3 aromatic carbocycles. The fraction of sp³-hybridized carbons (Fsp3) is 0.267. The maximum absolute atomic E-state index is 14.2. The van der Waals surface area contributed by atoms with Crippen molar-refractivity contribution in [3.63, 3.8) is 0 Å². The van der Waals surface area contributed by atoms with Gasteiger partial charge in [-0.15, -0.1) is 0 Å². The quantitative estimate of drug-likeness (QED) is 0.410. The van der Waals surface area contributed by atoms with E-state index in [2.05, 4.69) is 0 Å². The van der Waals surface area contributed by atoms with Crippen LogP contribution < -0.4 is 4.90 Å². The van der Waals surface area contributed by atoms with Gasteiger partial charge in [0.25, 0.3) is 0 Å². The Kier molecular flexibility index (Phi) is 4.80. The van der Waals surface area contributed by atoms with Gasteiger partial charge < -0.3 is 4.74 Å². The van der Waals surface area contributed by atoms with E-state index in [0.29, 0.717) is 5.69 Å². The number of rotatable bonds is 4. The molecule has 2 amide bonds. The van der Waals surface area contributed by atoms with Gasteiger partial charge in [0.05, 0.1) is 34.6 Å². The molecule has 7 rings (SSSR count). The number of ketones is 1. The summed E-state index contributed by atoms with van der Waals surface area (Å²) in [6.45, 7) is 5.03. The fourth-order valence-electron chi connectivity index (χ4n) is 6.68. The Bertz CT molecular complexity index is 1420. The zero-order valence-corrected chi connectivity index (χ0v) is 20.2. The molecule has 180 valence electrons. The summed E-state index contributed by atoms with van der Waals surface area (Å²) in [7, 11) is 0. The number of benzene rings is 3. The summed E-state index contributed by atoms with van der Waals surface area (Å²) in [5, 5.41) is 0. The average molecular weight is 480 g/mol. The lowest BCUT2D eigenvalue weighted by atomic mass is 9.46. The van der Waals surface area contributed by atoms with Crippen LogP contribution in [0.5, 0.6) is 0 Å². The first-order chi connectivity index (χ1) is 17.3. The van der Waals surface area contributed by atoms with Crippen molar-refractivity contribution in [2.75, 3.05) is 4.90 Å². The molecule has 0 N–H and O–H groups in total. The Labute approximate surface area is 208 Å². The smallest absolute Gasteiger partial charge is 0.338 e. The predicted molar refractivity (Wildman–Crippen MR) is 133 cm³/mol. The summed E-state index contributed by atoms with van der Waals surface area (Å²) < 4.78 is 5.31. The zero-order valence-electron chi connectivity index (χ0n) is 20.2. The molecule has 0 unspecified atom stereocenters. The van der Waals surface area contributed by atoms with Crippen LogP contribution in [0.1, 0.15) is 59.3 Å². The number of hydrogen-bond acceptors (Lipinski definition) is 5. The number of Topliss-reactive ketones (excluding diaryl/α,β-unsaturated/α-hetero) is 1. The Hall–Kier alpha value is -4.06. The number of imide groups is 1. The molecule has 6 nitrogen and oxygen atoms in total. The number of carbonyl (C=O) groups is 4. The SMILES string of the molecule is CC(=O)C12c3ccccc3C(c3ccccc31)[C@@H]1C(=O)N(c3cccc(C(=O)OC(C)C)c3)C(=O)[C@H]12. The van der Waals surface area contributed by atoms with Crippen molar-refractivity contribution < 1.29 is 23.9 Å². The number of carbonyl (C=O) groups excluding carboxylic acids is 4. The molecule has 6 heteroatoms. The minimum atomic E-state index is -1.25. The topological polar surface area (TPSA) is 80.8 Å². The largest absolute Gasteiger partial charge is 0.459 e. The van der Waals surface area contributed by atoms with Crippen molar-refractivity contribution in [1.29, 1.82) is 0 Å². The highest BCUT2D eigenvalue weighted by Gasteiger charge is 2.70. The molecule has 4 aliphatic rings. The minimum Gasteiger partial charge on any atom is -0.459 e. The second-order valence-electron chi connectivity index (χ2n) is 10.0. The Morgan fingerprint density at radius 2 is 1.47 bits per heavy atom. The molecule has 2 atom stereocenters. The highest BCUT2D eigenvalue weighted by molar-refractivity contribution is 6.25. The highest BCUT2D eigenvalue weighted by atomic mass is 16.5. The molecule has 3 aliphatic carbocycles. The van der Waals surface area contributed by atoms with Gasteiger partial charge >= 0.3 is 5.97 Å². The summed E-state index contributed by atoms with van der Waals surface area (Å²) in [6, 6.07) is 21.7. The van der Waals surface area contributed by atoms with E-state index < -0.39 is 29.1 Å². The molecule has 36 heavy (non-hydrogen) atoms. The van der Waals surface area contributed by atoms with Gasteiger partial charge in [0.15, 0.2) is 0 Å². The maximum atomic E-state index is 14.2. The van der Waals surface area contributed by atoms with E-state index in [4.69, 9.17) is 4.74 Å². The van der Waals surface area contributed by atoms with Crippen LogP contribution in [0.2, 0.25) is 0 Å². The number of ether oxygens (including phenoxy) is 1. The molecule has 1 aliphatic heterocycles. The first-order valence-corrected chi connectivity index (χ1v) is 12.2. The fourth-order valence-corrected chi connectivity index (χ4v) is 6.68. The maximum Gasteiger partial charge on any atom is 0.338 e. The molecule has 1 fully saturated rings. The van der Waals surface area contributed by atoms with Gasteiger partial charge in [0.2, 0.25) is 11.8 Å². The van der Waals surface area contributed by atoms with Crippen LogP contribution in [0.25, 0.3) is 0 Å². The van der Waals surface area contributed by atoms with Crippen molar-refractivity contribution in [3.05, 3.63) is 101 Å². The lowest BCUT2D eigenvalue weighted by molar-refractivity contribution is -0.132. The summed E-state index contributed by atoms with van der Waals surface area (Å²) in [5.74, 6) is -3.35. The Balaban J connectivity index is 1.55. The summed E-state index contributed by atoms with van der Waals surface area (Å²) >= 11 is 0. The molecule has 0 spiro atoms. The molecule has 2 bridgehead atoms. The molecule has 1 saturated heterocycles. The second kappa shape index (κ2) is 7.72. The van der Waals surface area contributed by atoms with Crippen molar-refractivity contribution in [3.8, 4) is 0 Å². The standard InChI is InChI=1S/C30H25NO5/c1-16(2)36-29(35)18-9-8-10-19(15-18)31-27(33)25-24-20-11-4-6-13-22(20)30(17(3)32,26(25)28(31)34)23-14-7-5-12-21(23)24/h4-16,24-26H,1-3H3/t24?,25-,26-,30?/m0/s1. The Morgan fingerprint density at radius 1 is 0.861 bits per heavy atom.